The zero-order valence-electron chi connectivity index (χ0n) is 12.2. The van der Waals surface area contributed by atoms with E-state index in [0.717, 1.165) is 18.3 Å². The second-order valence-electron chi connectivity index (χ2n) is 6.90. The van der Waals surface area contributed by atoms with E-state index in [-0.39, 0.29) is 5.92 Å². The highest BCUT2D eigenvalue weighted by Gasteiger charge is 2.40. The van der Waals surface area contributed by atoms with Crippen LogP contribution >= 0.6 is 0 Å². The molecule has 20 heavy (non-hydrogen) atoms. The molecule has 0 amide bonds. The Hall–Kier alpha value is -1.31. The summed E-state index contributed by atoms with van der Waals surface area (Å²) in [6, 6.07) is 8.27. The lowest BCUT2D eigenvalue weighted by Crippen LogP contribution is -2.23. The summed E-state index contributed by atoms with van der Waals surface area (Å²) in [5, 5.41) is 9.53. The molecule has 0 heterocycles. The van der Waals surface area contributed by atoms with Crippen molar-refractivity contribution in [1.29, 1.82) is 0 Å². The van der Waals surface area contributed by atoms with Gasteiger partial charge in [-0.1, -0.05) is 36.2 Å². The Morgan fingerprint density at radius 2 is 2.20 bits per heavy atom. The predicted molar refractivity (Wildman–Crippen MR) is 79.6 cm³/mol. The number of aliphatic carboxylic acids is 1. The summed E-state index contributed by atoms with van der Waals surface area (Å²) in [5.74, 6) is 1.56. The van der Waals surface area contributed by atoms with Crippen molar-refractivity contribution in [2.45, 2.75) is 45.4 Å². The lowest BCUT2D eigenvalue weighted by atomic mass is 9.80. The van der Waals surface area contributed by atoms with Crippen LogP contribution in [0.2, 0.25) is 0 Å². The Labute approximate surface area is 121 Å². The summed E-state index contributed by atoms with van der Waals surface area (Å²) in [6.07, 6.45) is 6.93. The third-order valence-electron chi connectivity index (χ3n) is 5.39. The van der Waals surface area contributed by atoms with Crippen molar-refractivity contribution >= 4 is 5.97 Å². The van der Waals surface area contributed by atoms with E-state index in [4.69, 9.17) is 0 Å². The van der Waals surface area contributed by atoms with E-state index in [1.165, 1.54) is 36.8 Å². The minimum absolute atomic E-state index is 0.207. The van der Waals surface area contributed by atoms with Crippen LogP contribution in [0.1, 0.15) is 43.2 Å². The normalized spacial score (nSPS) is 29.6. The van der Waals surface area contributed by atoms with Crippen molar-refractivity contribution in [1.82, 2.24) is 0 Å². The van der Waals surface area contributed by atoms with Gasteiger partial charge in [-0.15, -0.1) is 0 Å². The first-order valence-electron chi connectivity index (χ1n) is 7.90. The molecule has 2 fully saturated rings. The van der Waals surface area contributed by atoms with E-state index >= 15 is 0 Å². The van der Waals surface area contributed by atoms with Crippen molar-refractivity contribution < 1.29 is 9.90 Å². The number of hydrogen-bond donors (Lipinski definition) is 1. The molecule has 0 aromatic heterocycles. The molecule has 0 saturated heterocycles. The molecule has 0 aliphatic heterocycles. The summed E-state index contributed by atoms with van der Waals surface area (Å²) < 4.78 is 0. The minimum atomic E-state index is -0.616. The second-order valence-corrected chi connectivity index (χ2v) is 6.90. The zero-order chi connectivity index (χ0) is 14.1. The van der Waals surface area contributed by atoms with Crippen molar-refractivity contribution in [2.24, 2.45) is 23.7 Å². The van der Waals surface area contributed by atoms with E-state index in [1.54, 1.807) is 0 Å². The average Bonchev–Trinajstić information content (AvgIpc) is 3.00. The van der Waals surface area contributed by atoms with Crippen LogP contribution in [0.3, 0.4) is 0 Å². The summed E-state index contributed by atoms with van der Waals surface area (Å²) >= 11 is 0. The van der Waals surface area contributed by atoms with Crippen LogP contribution in [0.5, 0.6) is 0 Å². The monoisotopic (exact) mass is 272 g/mol. The van der Waals surface area contributed by atoms with Crippen molar-refractivity contribution in [3.8, 4) is 0 Å². The van der Waals surface area contributed by atoms with Crippen LogP contribution in [0.15, 0.2) is 24.3 Å². The Morgan fingerprint density at radius 1 is 1.35 bits per heavy atom. The first-order chi connectivity index (χ1) is 9.61. The number of fused-ring (bicyclic) bond motifs is 2. The van der Waals surface area contributed by atoms with E-state index < -0.39 is 5.97 Å². The number of carboxylic acid groups (broad SMARTS) is 1. The fourth-order valence-corrected chi connectivity index (χ4v) is 4.43. The van der Waals surface area contributed by atoms with Crippen molar-refractivity contribution in [3.05, 3.63) is 35.4 Å². The molecule has 2 aliphatic rings. The topological polar surface area (TPSA) is 37.3 Å². The number of aryl methyl sites for hydroxylation is 1. The van der Waals surface area contributed by atoms with Gasteiger partial charge in [-0.05, 0) is 62.3 Å². The van der Waals surface area contributed by atoms with E-state index in [1.807, 2.05) is 6.07 Å². The molecule has 108 valence electrons. The lowest BCUT2D eigenvalue weighted by Gasteiger charge is -2.24. The van der Waals surface area contributed by atoms with Gasteiger partial charge < -0.3 is 5.11 Å². The molecule has 0 spiro atoms. The standard InChI is InChI=1S/C18H24O2/c1-12-3-2-4-13(7-12)10-17(18(19)20)11-16-9-14-5-6-15(16)8-14/h2-4,7,14-17H,5-6,8-11H2,1H3,(H,19,20). The smallest absolute Gasteiger partial charge is 0.306 e. The Kier molecular flexibility index (Phi) is 3.82. The van der Waals surface area contributed by atoms with Gasteiger partial charge in [-0.3, -0.25) is 4.79 Å². The van der Waals surface area contributed by atoms with Crippen molar-refractivity contribution in [3.63, 3.8) is 0 Å². The molecule has 1 N–H and O–H groups in total. The number of benzene rings is 1. The fourth-order valence-electron chi connectivity index (χ4n) is 4.43. The van der Waals surface area contributed by atoms with Crippen LogP contribution in [0.4, 0.5) is 0 Å². The number of carbonyl (C=O) groups is 1. The predicted octanol–water partition coefficient (Wildman–Crippen LogP) is 4.06. The van der Waals surface area contributed by atoms with Crippen molar-refractivity contribution in [2.75, 3.05) is 0 Å². The molecule has 0 radical (unpaired) electrons. The van der Waals surface area contributed by atoms with Gasteiger partial charge in [0.1, 0.15) is 0 Å². The van der Waals surface area contributed by atoms with Gasteiger partial charge in [-0.2, -0.15) is 0 Å². The molecule has 3 rings (SSSR count). The minimum Gasteiger partial charge on any atom is -0.481 e. The van der Waals surface area contributed by atoms with Gasteiger partial charge in [0.25, 0.3) is 0 Å². The molecule has 2 heteroatoms. The molecule has 2 aliphatic carbocycles. The van der Waals surface area contributed by atoms with E-state index in [2.05, 4.69) is 25.1 Å². The maximum Gasteiger partial charge on any atom is 0.306 e. The van der Waals surface area contributed by atoms with Crippen LogP contribution in [-0.4, -0.2) is 11.1 Å². The maximum atomic E-state index is 11.6. The summed E-state index contributed by atoms with van der Waals surface area (Å²) in [4.78, 5) is 11.6. The zero-order valence-corrected chi connectivity index (χ0v) is 12.2. The van der Waals surface area contributed by atoms with Crippen LogP contribution in [0.25, 0.3) is 0 Å². The summed E-state index contributed by atoms with van der Waals surface area (Å²) in [6.45, 7) is 2.06. The number of rotatable bonds is 5. The quantitative estimate of drug-likeness (QED) is 0.877. The molecule has 4 atom stereocenters. The number of carboxylic acids is 1. The second kappa shape index (κ2) is 5.59. The third-order valence-corrected chi connectivity index (χ3v) is 5.39. The Morgan fingerprint density at radius 3 is 2.80 bits per heavy atom. The average molecular weight is 272 g/mol. The molecule has 2 bridgehead atoms. The van der Waals surface area contributed by atoms with Gasteiger partial charge in [0.15, 0.2) is 0 Å². The SMILES string of the molecule is Cc1cccc(CC(CC2CC3CCC2C3)C(=O)O)c1. The maximum absolute atomic E-state index is 11.6. The Bertz CT molecular complexity index is 494. The molecule has 2 saturated carbocycles. The van der Waals surface area contributed by atoms with Crippen LogP contribution in [0, 0.1) is 30.6 Å². The largest absolute Gasteiger partial charge is 0.481 e. The van der Waals surface area contributed by atoms with E-state index in [9.17, 15) is 9.90 Å². The van der Waals surface area contributed by atoms with Gasteiger partial charge >= 0.3 is 5.97 Å². The third kappa shape index (κ3) is 2.89. The molecule has 1 aromatic rings. The van der Waals surface area contributed by atoms with E-state index in [0.29, 0.717) is 12.3 Å². The first kappa shape index (κ1) is 13.7. The lowest BCUT2D eigenvalue weighted by molar-refractivity contribution is -0.142. The molecule has 4 unspecified atom stereocenters. The van der Waals surface area contributed by atoms with Gasteiger partial charge in [0, 0.05) is 0 Å². The van der Waals surface area contributed by atoms with Gasteiger partial charge in [0.05, 0.1) is 5.92 Å². The van der Waals surface area contributed by atoms with Crippen LogP contribution in [-0.2, 0) is 11.2 Å². The summed E-state index contributed by atoms with van der Waals surface area (Å²) in [7, 11) is 0. The Balaban J connectivity index is 1.65. The molecule has 2 nitrogen and oxygen atoms in total. The highest BCUT2D eigenvalue weighted by Crippen LogP contribution is 2.50. The first-order valence-corrected chi connectivity index (χ1v) is 7.90. The summed E-state index contributed by atoms with van der Waals surface area (Å²) in [5.41, 5.74) is 2.38. The fraction of sp³-hybridized carbons (Fsp3) is 0.611. The van der Waals surface area contributed by atoms with Gasteiger partial charge in [-0.25, -0.2) is 0 Å². The highest BCUT2D eigenvalue weighted by molar-refractivity contribution is 5.70. The van der Waals surface area contributed by atoms with Gasteiger partial charge in [0.2, 0.25) is 0 Å². The molecular formula is C18H24O2. The van der Waals surface area contributed by atoms with Crippen LogP contribution < -0.4 is 0 Å². The number of hydrogen-bond acceptors (Lipinski definition) is 1. The molecular weight excluding hydrogens is 248 g/mol. The molecule has 1 aromatic carbocycles. The highest BCUT2D eigenvalue weighted by atomic mass is 16.4.